The van der Waals surface area contributed by atoms with E-state index in [-0.39, 0.29) is 17.8 Å². The van der Waals surface area contributed by atoms with Crippen LogP contribution in [-0.2, 0) is 0 Å². The summed E-state index contributed by atoms with van der Waals surface area (Å²) in [7, 11) is 0. The molecule has 2 aromatic heterocycles. The van der Waals surface area contributed by atoms with Crippen LogP contribution in [0.2, 0.25) is 0 Å². The number of pyridine rings is 1. The van der Waals surface area contributed by atoms with Crippen LogP contribution in [0.3, 0.4) is 0 Å². The Morgan fingerprint density at radius 1 is 1.42 bits per heavy atom. The molecule has 2 heterocycles. The third-order valence-electron chi connectivity index (χ3n) is 2.71. The zero-order valence-electron chi connectivity index (χ0n) is 10.7. The molecule has 0 saturated heterocycles. The molecule has 7 nitrogen and oxygen atoms in total. The minimum atomic E-state index is -0.507. The number of aromatic amines is 2. The van der Waals surface area contributed by atoms with Crippen LogP contribution in [-0.4, -0.2) is 26.1 Å². The van der Waals surface area contributed by atoms with Gasteiger partial charge in [-0.15, -0.1) is 5.10 Å². The van der Waals surface area contributed by atoms with Crippen LogP contribution in [0.1, 0.15) is 36.1 Å². The summed E-state index contributed by atoms with van der Waals surface area (Å²) in [5.74, 6) is -0.278. The van der Waals surface area contributed by atoms with Gasteiger partial charge in [-0.2, -0.15) is 0 Å². The maximum Gasteiger partial charge on any atom is 0.341 e. The second kappa shape index (κ2) is 5.47. The van der Waals surface area contributed by atoms with E-state index in [4.69, 9.17) is 0 Å². The topological polar surface area (TPSA) is 104 Å². The van der Waals surface area contributed by atoms with Gasteiger partial charge in [0.15, 0.2) is 0 Å². The van der Waals surface area contributed by atoms with Gasteiger partial charge in [-0.1, -0.05) is 19.9 Å². The van der Waals surface area contributed by atoms with E-state index in [1.807, 2.05) is 26.0 Å². The summed E-state index contributed by atoms with van der Waals surface area (Å²) in [5, 5.41) is 8.59. The highest BCUT2D eigenvalue weighted by Crippen LogP contribution is 2.20. The zero-order chi connectivity index (χ0) is 13.8. The molecule has 0 bridgehead atoms. The number of H-pyrrole nitrogens is 2. The van der Waals surface area contributed by atoms with Crippen LogP contribution in [0.15, 0.2) is 29.3 Å². The summed E-state index contributed by atoms with van der Waals surface area (Å²) in [6, 6.07) is 3.51. The van der Waals surface area contributed by atoms with Crippen molar-refractivity contribution in [3.63, 3.8) is 0 Å². The Bertz CT molecular complexity index is 602. The van der Waals surface area contributed by atoms with Crippen molar-refractivity contribution in [2.75, 3.05) is 0 Å². The Labute approximate surface area is 109 Å². The maximum absolute atomic E-state index is 12.0. The molecule has 3 N–H and O–H groups in total. The molecular weight excluding hydrogens is 246 g/mol. The molecule has 1 unspecified atom stereocenters. The minimum Gasteiger partial charge on any atom is -0.342 e. The van der Waals surface area contributed by atoms with Crippen LogP contribution >= 0.6 is 0 Å². The normalized spacial score (nSPS) is 12.4. The van der Waals surface area contributed by atoms with Gasteiger partial charge < -0.3 is 5.32 Å². The Kier molecular flexibility index (Phi) is 3.74. The monoisotopic (exact) mass is 261 g/mol. The third-order valence-corrected chi connectivity index (χ3v) is 2.71. The first kappa shape index (κ1) is 13.0. The first-order valence-corrected chi connectivity index (χ1v) is 5.93. The van der Waals surface area contributed by atoms with Crippen molar-refractivity contribution in [2.45, 2.75) is 19.9 Å². The van der Waals surface area contributed by atoms with E-state index in [1.54, 1.807) is 12.4 Å². The van der Waals surface area contributed by atoms with Crippen molar-refractivity contribution < 1.29 is 4.79 Å². The number of amides is 1. The number of carbonyl (C=O) groups is 1. The molecule has 1 atom stereocenters. The Balaban J connectivity index is 2.18. The molecule has 0 spiro atoms. The van der Waals surface area contributed by atoms with Crippen molar-refractivity contribution in [3.05, 3.63) is 46.4 Å². The molecule has 2 aromatic rings. The standard InChI is InChI=1S/C12H15N5O2/c1-7(2)9(8-4-3-5-13-6-8)14-11(18)10-15-12(19)17-16-10/h3-7,9H,1-2H3,(H,14,18)(H2,15,16,17,19). The number of rotatable bonds is 4. The summed E-state index contributed by atoms with van der Waals surface area (Å²) < 4.78 is 0. The number of hydrogen-bond donors (Lipinski definition) is 3. The third kappa shape index (κ3) is 3.06. The fourth-order valence-corrected chi connectivity index (χ4v) is 1.78. The van der Waals surface area contributed by atoms with Crippen molar-refractivity contribution in [3.8, 4) is 0 Å². The fraction of sp³-hybridized carbons (Fsp3) is 0.333. The van der Waals surface area contributed by atoms with E-state index in [2.05, 4.69) is 25.5 Å². The molecule has 0 aliphatic carbocycles. The molecule has 100 valence electrons. The van der Waals surface area contributed by atoms with Crippen molar-refractivity contribution in [1.82, 2.24) is 25.5 Å². The number of nitrogens with zero attached hydrogens (tertiary/aromatic N) is 2. The van der Waals surface area contributed by atoms with Gasteiger partial charge in [-0.25, -0.2) is 9.89 Å². The predicted molar refractivity (Wildman–Crippen MR) is 68.5 cm³/mol. The summed E-state index contributed by atoms with van der Waals surface area (Å²) in [6.45, 7) is 3.98. The molecule has 0 fully saturated rings. The van der Waals surface area contributed by atoms with Crippen LogP contribution in [0.25, 0.3) is 0 Å². The molecular formula is C12H15N5O2. The Hall–Kier alpha value is -2.44. The van der Waals surface area contributed by atoms with Gasteiger partial charge in [0.05, 0.1) is 6.04 Å². The smallest absolute Gasteiger partial charge is 0.341 e. The number of aromatic nitrogens is 4. The fourth-order valence-electron chi connectivity index (χ4n) is 1.78. The van der Waals surface area contributed by atoms with Crippen LogP contribution in [0, 0.1) is 5.92 Å². The molecule has 0 aliphatic rings. The number of carbonyl (C=O) groups excluding carboxylic acids is 1. The number of hydrogen-bond acceptors (Lipinski definition) is 4. The summed E-state index contributed by atoms with van der Waals surface area (Å²) in [5.41, 5.74) is 0.399. The largest absolute Gasteiger partial charge is 0.342 e. The molecule has 2 rings (SSSR count). The van der Waals surface area contributed by atoms with Gasteiger partial charge in [0.2, 0.25) is 5.82 Å². The van der Waals surface area contributed by atoms with Crippen LogP contribution in [0.5, 0.6) is 0 Å². The van der Waals surface area contributed by atoms with Crippen molar-refractivity contribution >= 4 is 5.91 Å². The van der Waals surface area contributed by atoms with Crippen molar-refractivity contribution in [2.24, 2.45) is 5.92 Å². The van der Waals surface area contributed by atoms with Gasteiger partial charge in [0.1, 0.15) is 0 Å². The average molecular weight is 261 g/mol. The highest BCUT2D eigenvalue weighted by atomic mass is 16.2. The number of nitrogens with one attached hydrogen (secondary N) is 3. The summed E-state index contributed by atoms with van der Waals surface area (Å²) in [4.78, 5) is 29.2. The lowest BCUT2D eigenvalue weighted by molar-refractivity contribution is 0.0915. The van der Waals surface area contributed by atoms with E-state index in [9.17, 15) is 9.59 Å². The van der Waals surface area contributed by atoms with Gasteiger partial charge in [-0.3, -0.25) is 14.8 Å². The van der Waals surface area contributed by atoms with Gasteiger partial charge in [-0.05, 0) is 17.5 Å². The Morgan fingerprint density at radius 2 is 2.21 bits per heavy atom. The maximum atomic E-state index is 12.0. The van der Waals surface area contributed by atoms with E-state index in [0.29, 0.717) is 0 Å². The molecule has 1 amide bonds. The molecule has 0 aromatic carbocycles. The Morgan fingerprint density at radius 3 is 2.74 bits per heavy atom. The lowest BCUT2D eigenvalue weighted by Gasteiger charge is -2.21. The van der Waals surface area contributed by atoms with Gasteiger partial charge >= 0.3 is 5.69 Å². The van der Waals surface area contributed by atoms with Crippen LogP contribution < -0.4 is 11.0 Å². The lowest BCUT2D eigenvalue weighted by atomic mass is 9.97. The molecule has 7 heteroatoms. The minimum absolute atomic E-state index is 0.0282. The molecule has 0 saturated carbocycles. The quantitative estimate of drug-likeness (QED) is 0.750. The summed E-state index contributed by atoms with van der Waals surface area (Å²) >= 11 is 0. The molecule has 0 aliphatic heterocycles. The highest BCUT2D eigenvalue weighted by molar-refractivity contribution is 5.90. The highest BCUT2D eigenvalue weighted by Gasteiger charge is 2.20. The van der Waals surface area contributed by atoms with Gasteiger partial charge in [0.25, 0.3) is 5.91 Å². The predicted octanol–water partition coefficient (Wildman–Crippen LogP) is 0.620. The second-order valence-electron chi connectivity index (χ2n) is 4.51. The molecule has 0 radical (unpaired) electrons. The van der Waals surface area contributed by atoms with E-state index < -0.39 is 11.6 Å². The van der Waals surface area contributed by atoms with E-state index in [1.165, 1.54) is 0 Å². The zero-order valence-corrected chi connectivity index (χ0v) is 10.7. The SMILES string of the molecule is CC(C)C(NC(=O)c1n[nH]c(=O)[nH]1)c1cccnc1. The first-order valence-electron chi connectivity index (χ1n) is 5.93. The van der Waals surface area contributed by atoms with Gasteiger partial charge in [0, 0.05) is 12.4 Å². The van der Waals surface area contributed by atoms with E-state index >= 15 is 0 Å². The lowest BCUT2D eigenvalue weighted by Crippen LogP contribution is -2.32. The summed E-state index contributed by atoms with van der Waals surface area (Å²) in [6.07, 6.45) is 3.38. The first-order chi connectivity index (χ1) is 9.08. The van der Waals surface area contributed by atoms with E-state index in [0.717, 1.165) is 5.56 Å². The van der Waals surface area contributed by atoms with Crippen molar-refractivity contribution in [1.29, 1.82) is 0 Å². The van der Waals surface area contributed by atoms with Crippen LogP contribution in [0.4, 0.5) is 0 Å². The average Bonchev–Trinajstić information content (AvgIpc) is 2.83. The second-order valence-corrected chi connectivity index (χ2v) is 4.51. The molecule has 19 heavy (non-hydrogen) atoms.